The standard InChI is InChI=1S/C30H46O6/c1-18(8-7-9-19(2)26(33)34)21-12-16-30(6)24-11-10-22(20(3)27(35)36)28(4,15-14-25(31)32)23(24)13-17-29(21,30)5/h9,18,21,23-24H,7-8,10-17H2,1-6H3,(H,31,32)(H,33,34)(H,35,36)/b19-9+,22-20-/t18-,21-,23+,24-,28+,29-,30+/m1/s1. The highest BCUT2D eigenvalue weighted by atomic mass is 16.4. The van der Waals surface area contributed by atoms with Crippen LogP contribution in [0.2, 0.25) is 0 Å². The third-order valence-electron chi connectivity index (χ3n) is 11.3. The molecule has 6 heteroatoms. The molecule has 0 aromatic carbocycles. The number of fused-ring (bicyclic) bond motifs is 3. The summed E-state index contributed by atoms with van der Waals surface area (Å²) >= 11 is 0. The van der Waals surface area contributed by atoms with Crippen LogP contribution in [0.5, 0.6) is 0 Å². The van der Waals surface area contributed by atoms with Crippen molar-refractivity contribution in [3.05, 3.63) is 22.8 Å². The number of carboxylic acid groups (broad SMARTS) is 3. The molecular weight excluding hydrogens is 456 g/mol. The number of allylic oxidation sites excluding steroid dienone is 2. The van der Waals surface area contributed by atoms with E-state index in [2.05, 4.69) is 27.7 Å². The summed E-state index contributed by atoms with van der Waals surface area (Å²) in [4.78, 5) is 34.7. The smallest absolute Gasteiger partial charge is 0.331 e. The van der Waals surface area contributed by atoms with Crippen LogP contribution in [0.15, 0.2) is 22.8 Å². The van der Waals surface area contributed by atoms with E-state index in [0.717, 1.165) is 50.5 Å². The van der Waals surface area contributed by atoms with Crippen molar-refractivity contribution in [1.82, 2.24) is 0 Å². The van der Waals surface area contributed by atoms with Gasteiger partial charge in [-0.2, -0.15) is 0 Å². The van der Waals surface area contributed by atoms with Crippen molar-refractivity contribution in [2.45, 2.75) is 106 Å². The van der Waals surface area contributed by atoms with Crippen LogP contribution in [-0.4, -0.2) is 33.2 Å². The predicted molar refractivity (Wildman–Crippen MR) is 139 cm³/mol. The van der Waals surface area contributed by atoms with E-state index in [1.165, 1.54) is 6.42 Å². The summed E-state index contributed by atoms with van der Waals surface area (Å²) in [6.45, 7) is 12.7. The van der Waals surface area contributed by atoms with E-state index in [1.807, 2.05) is 6.08 Å². The summed E-state index contributed by atoms with van der Waals surface area (Å²) in [5, 5.41) is 28.5. The van der Waals surface area contributed by atoms with Gasteiger partial charge in [0.05, 0.1) is 0 Å². The zero-order valence-electron chi connectivity index (χ0n) is 23.0. The molecule has 0 aromatic heterocycles. The minimum Gasteiger partial charge on any atom is -0.481 e. The zero-order valence-corrected chi connectivity index (χ0v) is 23.0. The van der Waals surface area contributed by atoms with Crippen LogP contribution in [0.3, 0.4) is 0 Å². The molecule has 0 unspecified atom stereocenters. The second kappa shape index (κ2) is 10.3. The fourth-order valence-electron chi connectivity index (χ4n) is 8.97. The monoisotopic (exact) mass is 502 g/mol. The van der Waals surface area contributed by atoms with Crippen LogP contribution in [0, 0.1) is 39.9 Å². The molecule has 3 rings (SSSR count). The summed E-state index contributed by atoms with van der Waals surface area (Å²) < 4.78 is 0. The molecular formula is C30H46O6. The number of hydrogen-bond acceptors (Lipinski definition) is 3. The molecule has 3 N–H and O–H groups in total. The first kappa shape index (κ1) is 28.5. The summed E-state index contributed by atoms with van der Waals surface area (Å²) in [5.41, 5.74) is 1.69. The molecule has 3 aliphatic rings. The first-order valence-corrected chi connectivity index (χ1v) is 13.7. The first-order chi connectivity index (χ1) is 16.7. The van der Waals surface area contributed by atoms with Crippen molar-refractivity contribution in [1.29, 1.82) is 0 Å². The van der Waals surface area contributed by atoms with E-state index in [9.17, 15) is 24.6 Å². The normalized spacial score (nSPS) is 38.6. The Morgan fingerprint density at radius 2 is 1.58 bits per heavy atom. The van der Waals surface area contributed by atoms with E-state index in [4.69, 9.17) is 5.11 Å². The SMILES string of the molecule is C/C(C(=O)O)=C1\CC[C@@H]2[C@H](CC[C@]3(C)[C@@H]([C@H](C)CC/C=C(\C)C(=O)O)CC[C@@]23C)[C@@]1(C)CCC(=O)O. The summed E-state index contributed by atoms with van der Waals surface area (Å²) in [6, 6.07) is 0. The molecule has 0 amide bonds. The molecule has 0 saturated heterocycles. The second-order valence-corrected chi connectivity index (χ2v) is 12.7. The van der Waals surface area contributed by atoms with E-state index in [0.29, 0.717) is 41.2 Å². The van der Waals surface area contributed by atoms with E-state index >= 15 is 0 Å². The second-order valence-electron chi connectivity index (χ2n) is 12.7. The topological polar surface area (TPSA) is 112 Å². The third kappa shape index (κ3) is 4.77. The Morgan fingerprint density at radius 1 is 0.944 bits per heavy atom. The van der Waals surface area contributed by atoms with Gasteiger partial charge in [-0.05, 0) is 112 Å². The molecule has 0 bridgehead atoms. The lowest BCUT2D eigenvalue weighted by Gasteiger charge is -2.63. The van der Waals surface area contributed by atoms with Gasteiger partial charge in [0.15, 0.2) is 0 Å². The highest BCUT2D eigenvalue weighted by Crippen LogP contribution is 2.73. The number of carbonyl (C=O) groups is 3. The highest BCUT2D eigenvalue weighted by molar-refractivity contribution is 5.87. The van der Waals surface area contributed by atoms with Gasteiger partial charge < -0.3 is 15.3 Å². The number of hydrogen-bond donors (Lipinski definition) is 3. The van der Waals surface area contributed by atoms with Crippen molar-refractivity contribution >= 4 is 17.9 Å². The van der Waals surface area contributed by atoms with Gasteiger partial charge in [0.1, 0.15) is 0 Å². The Labute approximate surface area is 216 Å². The average molecular weight is 503 g/mol. The molecule has 0 spiro atoms. The van der Waals surface area contributed by atoms with Gasteiger partial charge in [-0.15, -0.1) is 0 Å². The van der Waals surface area contributed by atoms with Crippen molar-refractivity contribution in [3.8, 4) is 0 Å². The molecule has 3 aliphatic carbocycles. The fourth-order valence-corrected chi connectivity index (χ4v) is 8.97. The van der Waals surface area contributed by atoms with Crippen molar-refractivity contribution < 1.29 is 29.7 Å². The van der Waals surface area contributed by atoms with Crippen LogP contribution >= 0.6 is 0 Å². The van der Waals surface area contributed by atoms with Crippen LogP contribution in [-0.2, 0) is 14.4 Å². The van der Waals surface area contributed by atoms with Crippen molar-refractivity contribution in [3.63, 3.8) is 0 Å². The first-order valence-electron chi connectivity index (χ1n) is 13.7. The zero-order chi connectivity index (χ0) is 27.1. The molecule has 0 aliphatic heterocycles. The number of carboxylic acids is 3. The molecule has 0 heterocycles. The number of rotatable bonds is 9. The van der Waals surface area contributed by atoms with E-state index in [-0.39, 0.29) is 17.3 Å². The third-order valence-corrected chi connectivity index (χ3v) is 11.3. The van der Waals surface area contributed by atoms with Gasteiger partial charge in [0.2, 0.25) is 0 Å². The molecule has 7 atom stereocenters. The van der Waals surface area contributed by atoms with Gasteiger partial charge in [0.25, 0.3) is 0 Å². The van der Waals surface area contributed by atoms with Crippen LogP contribution in [0.25, 0.3) is 0 Å². The summed E-state index contributed by atoms with van der Waals surface area (Å²) in [6.07, 6.45) is 10.3. The molecule has 3 fully saturated rings. The Balaban J connectivity index is 1.89. The maximum atomic E-state index is 12.0. The quantitative estimate of drug-likeness (QED) is 0.294. The lowest BCUT2D eigenvalue weighted by atomic mass is 9.42. The highest BCUT2D eigenvalue weighted by Gasteiger charge is 2.65. The molecule has 36 heavy (non-hydrogen) atoms. The van der Waals surface area contributed by atoms with E-state index in [1.54, 1.807) is 13.8 Å². The van der Waals surface area contributed by atoms with Crippen molar-refractivity contribution in [2.75, 3.05) is 0 Å². The van der Waals surface area contributed by atoms with Gasteiger partial charge in [-0.3, -0.25) is 4.79 Å². The molecule has 0 radical (unpaired) electrons. The van der Waals surface area contributed by atoms with Crippen LogP contribution in [0.4, 0.5) is 0 Å². The largest absolute Gasteiger partial charge is 0.481 e. The van der Waals surface area contributed by atoms with Crippen molar-refractivity contribution in [2.24, 2.45) is 39.9 Å². The van der Waals surface area contributed by atoms with Gasteiger partial charge >= 0.3 is 17.9 Å². The molecule has 0 aromatic rings. The lowest BCUT2D eigenvalue weighted by molar-refractivity contribution is -0.140. The maximum Gasteiger partial charge on any atom is 0.331 e. The van der Waals surface area contributed by atoms with Gasteiger partial charge in [-0.25, -0.2) is 9.59 Å². The Kier molecular flexibility index (Phi) is 8.17. The van der Waals surface area contributed by atoms with Crippen LogP contribution in [0.1, 0.15) is 106 Å². The Hall–Kier alpha value is -2.11. The Morgan fingerprint density at radius 3 is 2.17 bits per heavy atom. The van der Waals surface area contributed by atoms with E-state index < -0.39 is 23.3 Å². The molecule has 202 valence electrons. The molecule has 6 nitrogen and oxygen atoms in total. The maximum absolute atomic E-state index is 12.0. The molecule has 3 saturated carbocycles. The van der Waals surface area contributed by atoms with Gasteiger partial charge in [-0.1, -0.05) is 39.3 Å². The Bertz CT molecular complexity index is 962. The summed E-state index contributed by atoms with van der Waals surface area (Å²) in [7, 11) is 0. The average Bonchev–Trinajstić information content (AvgIpc) is 3.08. The minimum atomic E-state index is -0.890. The van der Waals surface area contributed by atoms with Crippen LogP contribution < -0.4 is 0 Å². The predicted octanol–water partition coefficient (Wildman–Crippen LogP) is 6.95. The lowest BCUT2D eigenvalue weighted by Crippen LogP contribution is -2.55. The number of aliphatic carboxylic acids is 3. The summed E-state index contributed by atoms with van der Waals surface area (Å²) in [5.74, 6) is -0.743. The van der Waals surface area contributed by atoms with Gasteiger partial charge in [0, 0.05) is 17.6 Å². The minimum absolute atomic E-state index is 0.0625. The fraction of sp³-hybridized carbons (Fsp3) is 0.767.